The number of benzene rings is 2. The fraction of sp³-hybridized carbons (Fsp3) is 0.278. The van der Waals surface area contributed by atoms with E-state index >= 15 is 0 Å². The van der Waals surface area contributed by atoms with Crippen LogP contribution in [0.25, 0.3) is 0 Å². The first-order valence-electron chi connectivity index (χ1n) is 7.33. The Morgan fingerprint density at radius 1 is 1.09 bits per heavy atom. The van der Waals surface area contributed by atoms with Gasteiger partial charge in [0, 0.05) is 13.7 Å². The lowest BCUT2D eigenvalue weighted by atomic mass is 10.1. The molecule has 116 valence electrons. The summed E-state index contributed by atoms with van der Waals surface area (Å²) in [5.41, 5.74) is 9.14. The molecule has 0 spiro atoms. The van der Waals surface area contributed by atoms with Gasteiger partial charge in [0.25, 0.3) is 0 Å². The van der Waals surface area contributed by atoms with Gasteiger partial charge in [0.2, 0.25) is 5.91 Å². The minimum absolute atomic E-state index is 0.138. The zero-order valence-corrected chi connectivity index (χ0v) is 12.8. The highest BCUT2D eigenvalue weighted by atomic mass is 16.5. The molecule has 0 saturated carbocycles. The van der Waals surface area contributed by atoms with E-state index in [0.29, 0.717) is 19.6 Å². The third kappa shape index (κ3) is 4.98. The van der Waals surface area contributed by atoms with Crippen LogP contribution in [-0.4, -0.2) is 19.1 Å². The minimum atomic E-state index is -0.537. The van der Waals surface area contributed by atoms with Crippen LogP contribution < -0.4 is 11.1 Å². The van der Waals surface area contributed by atoms with E-state index in [1.807, 2.05) is 54.6 Å². The molecule has 1 atom stereocenters. The van der Waals surface area contributed by atoms with Crippen LogP contribution in [0.2, 0.25) is 0 Å². The Balaban J connectivity index is 1.85. The summed E-state index contributed by atoms with van der Waals surface area (Å²) in [5.74, 6) is -0.138. The topological polar surface area (TPSA) is 64.3 Å². The molecular weight excluding hydrogens is 276 g/mol. The largest absolute Gasteiger partial charge is 0.380 e. The van der Waals surface area contributed by atoms with E-state index in [0.717, 1.165) is 16.7 Å². The Labute approximate surface area is 131 Å². The fourth-order valence-electron chi connectivity index (χ4n) is 2.28. The van der Waals surface area contributed by atoms with Gasteiger partial charge in [-0.1, -0.05) is 54.6 Å². The zero-order chi connectivity index (χ0) is 15.8. The van der Waals surface area contributed by atoms with E-state index in [1.165, 1.54) is 0 Å². The molecule has 0 bridgehead atoms. The maximum atomic E-state index is 12.1. The average Bonchev–Trinajstić information content (AvgIpc) is 2.54. The molecule has 2 rings (SSSR count). The van der Waals surface area contributed by atoms with Crippen molar-refractivity contribution in [3.8, 4) is 0 Å². The van der Waals surface area contributed by atoms with Crippen LogP contribution in [-0.2, 0) is 29.1 Å². The van der Waals surface area contributed by atoms with Crippen LogP contribution in [0.1, 0.15) is 16.7 Å². The van der Waals surface area contributed by atoms with Crippen LogP contribution in [0.3, 0.4) is 0 Å². The summed E-state index contributed by atoms with van der Waals surface area (Å²) in [6, 6.07) is 17.2. The Hall–Kier alpha value is -2.17. The first-order chi connectivity index (χ1) is 10.7. The fourth-order valence-corrected chi connectivity index (χ4v) is 2.28. The smallest absolute Gasteiger partial charge is 0.237 e. The second kappa shape index (κ2) is 8.32. The molecule has 2 aromatic rings. The molecule has 3 N–H and O–H groups in total. The second-order valence-electron chi connectivity index (χ2n) is 5.27. The number of carbonyl (C=O) groups is 1. The molecule has 0 aliphatic rings. The molecule has 0 heterocycles. The molecule has 0 unspecified atom stereocenters. The summed E-state index contributed by atoms with van der Waals surface area (Å²) in [6.45, 7) is 1.04. The summed E-state index contributed by atoms with van der Waals surface area (Å²) >= 11 is 0. The lowest BCUT2D eigenvalue weighted by Gasteiger charge is -2.13. The van der Waals surface area contributed by atoms with Crippen molar-refractivity contribution in [2.75, 3.05) is 7.11 Å². The number of ether oxygens (including phenoxy) is 1. The number of nitrogens with one attached hydrogen (secondary N) is 1. The van der Waals surface area contributed by atoms with E-state index in [4.69, 9.17) is 10.5 Å². The van der Waals surface area contributed by atoms with E-state index in [1.54, 1.807) is 7.11 Å². The third-order valence-electron chi connectivity index (χ3n) is 3.40. The Morgan fingerprint density at radius 3 is 2.50 bits per heavy atom. The van der Waals surface area contributed by atoms with Crippen molar-refractivity contribution in [3.05, 3.63) is 71.3 Å². The van der Waals surface area contributed by atoms with Crippen LogP contribution in [0, 0.1) is 0 Å². The zero-order valence-electron chi connectivity index (χ0n) is 12.8. The quantitative estimate of drug-likeness (QED) is 0.822. The van der Waals surface area contributed by atoms with E-state index in [-0.39, 0.29) is 5.91 Å². The number of nitrogens with two attached hydrogens (primary N) is 1. The van der Waals surface area contributed by atoms with Gasteiger partial charge in [-0.15, -0.1) is 0 Å². The maximum absolute atomic E-state index is 12.1. The van der Waals surface area contributed by atoms with Gasteiger partial charge in [-0.25, -0.2) is 0 Å². The second-order valence-corrected chi connectivity index (χ2v) is 5.27. The third-order valence-corrected chi connectivity index (χ3v) is 3.40. The molecule has 4 heteroatoms. The van der Waals surface area contributed by atoms with Crippen LogP contribution in [0.5, 0.6) is 0 Å². The lowest BCUT2D eigenvalue weighted by Crippen LogP contribution is -2.41. The van der Waals surface area contributed by atoms with Gasteiger partial charge in [-0.3, -0.25) is 4.79 Å². The van der Waals surface area contributed by atoms with Gasteiger partial charge in [0.05, 0.1) is 12.6 Å². The number of rotatable bonds is 7. The van der Waals surface area contributed by atoms with Gasteiger partial charge in [0.15, 0.2) is 0 Å². The average molecular weight is 298 g/mol. The molecule has 0 aromatic heterocycles. The summed E-state index contributed by atoms with van der Waals surface area (Å²) in [5, 5.41) is 2.88. The highest BCUT2D eigenvalue weighted by Crippen LogP contribution is 2.07. The molecular formula is C18H22N2O2. The molecule has 0 aliphatic carbocycles. The number of methoxy groups -OCH3 is 1. The monoisotopic (exact) mass is 298 g/mol. The van der Waals surface area contributed by atoms with Crippen LogP contribution >= 0.6 is 0 Å². The molecule has 0 fully saturated rings. The summed E-state index contributed by atoms with van der Waals surface area (Å²) in [7, 11) is 1.66. The standard InChI is InChI=1S/C18H22N2O2/c1-22-13-16-9-5-8-15(10-16)12-20-18(21)17(19)11-14-6-3-2-4-7-14/h2-10,17H,11-13,19H2,1H3,(H,20,21)/t17-/m0/s1. The highest BCUT2D eigenvalue weighted by molar-refractivity contribution is 5.81. The molecule has 0 radical (unpaired) electrons. The van der Waals surface area contributed by atoms with Crippen molar-refractivity contribution in [1.29, 1.82) is 0 Å². The van der Waals surface area contributed by atoms with Crippen molar-refractivity contribution in [2.45, 2.75) is 25.6 Å². The number of hydrogen-bond donors (Lipinski definition) is 2. The van der Waals surface area contributed by atoms with Crippen LogP contribution in [0.4, 0.5) is 0 Å². The molecule has 1 amide bonds. The summed E-state index contributed by atoms with van der Waals surface area (Å²) in [4.78, 5) is 12.1. The molecule has 4 nitrogen and oxygen atoms in total. The van der Waals surface area contributed by atoms with E-state index < -0.39 is 6.04 Å². The van der Waals surface area contributed by atoms with Gasteiger partial charge in [0.1, 0.15) is 0 Å². The SMILES string of the molecule is COCc1cccc(CNC(=O)[C@@H](N)Cc2ccccc2)c1. The van der Waals surface area contributed by atoms with Gasteiger partial charge >= 0.3 is 0 Å². The predicted molar refractivity (Wildman–Crippen MR) is 87.1 cm³/mol. The maximum Gasteiger partial charge on any atom is 0.237 e. The summed E-state index contributed by atoms with van der Waals surface area (Å²) in [6.07, 6.45) is 0.538. The normalized spacial score (nSPS) is 11.9. The van der Waals surface area contributed by atoms with Gasteiger partial charge in [-0.05, 0) is 23.1 Å². The first kappa shape index (κ1) is 16.2. The lowest BCUT2D eigenvalue weighted by molar-refractivity contribution is -0.122. The Bertz CT molecular complexity index is 599. The Morgan fingerprint density at radius 2 is 1.77 bits per heavy atom. The Kier molecular flexibility index (Phi) is 6.13. The van der Waals surface area contributed by atoms with Crippen molar-refractivity contribution < 1.29 is 9.53 Å². The first-order valence-corrected chi connectivity index (χ1v) is 7.33. The van der Waals surface area contributed by atoms with Gasteiger partial charge in [-0.2, -0.15) is 0 Å². The predicted octanol–water partition coefficient (Wildman–Crippen LogP) is 2.02. The number of carbonyl (C=O) groups excluding carboxylic acids is 1. The molecule has 22 heavy (non-hydrogen) atoms. The molecule has 2 aromatic carbocycles. The van der Waals surface area contributed by atoms with Crippen molar-refractivity contribution >= 4 is 5.91 Å². The van der Waals surface area contributed by atoms with Crippen LogP contribution in [0.15, 0.2) is 54.6 Å². The number of hydrogen-bond acceptors (Lipinski definition) is 3. The van der Waals surface area contributed by atoms with Gasteiger partial charge < -0.3 is 15.8 Å². The van der Waals surface area contributed by atoms with Crippen molar-refractivity contribution in [3.63, 3.8) is 0 Å². The highest BCUT2D eigenvalue weighted by Gasteiger charge is 2.13. The molecule has 0 aliphatic heterocycles. The van der Waals surface area contributed by atoms with Crippen molar-refractivity contribution in [2.24, 2.45) is 5.73 Å². The van der Waals surface area contributed by atoms with E-state index in [9.17, 15) is 4.79 Å². The number of amides is 1. The van der Waals surface area contributed by atoms with E-state index in [2.05, 4.69) is 5.32 Å². The van der Waals surface area contributed by atoms with Crippen molar-refractivity contribution in [1.82, 2.24) is 5.32 Å². The summed E-state index contributed by atoms with van der Waals surface area (Å²) < 4.78 is 5.11. The molecule has 0 saturated heterocycles. The minimum Gasteiger partial charge on any atom is -0.380 e.